The number of rotatable bonds is 6. The lowest BCUT2D eigenvalue weighted by molar-refractivity contribution is -0.135. The smallest absolute Gasteiger partial charge is 0.231 e. The van der Waals surface area contributed by atoms with Gasteiger partial charge >= 0.3 is 0 Å². The van der Waals surface area contributed by atoms with Crippen molar-refractivity contribution >= 4 is 11.6 Å². The van der Waals surface area contributed by atoms with Gasteiger partial charge in [-0.1, -0.05) is 56.3 Å². The van der Waals surface area contributed by atoms with E-state index in [1.54, 1.807) is 0 Å². The molecule has 0 aromatic heterocycles. The molecule has 30 heavy (non-hydrogen) atoms. The monoisotopic (exact) mass is 408 g/mol. The van der Waals surface area contributed by atoms with Crippen LogP contribution >= 0.6 is 0 Å². The second kappa shape index (κ2) is 8.38. The van der Waals surface area contributed by atoms with Crippen molar-refractivity contribution in [2.45, 2.75) is 46.3 Å². The van der Waals surface area contributed by atoms with Gasteiger partial charge in [0.05, 0.1) is 12.3 Å². The van der Waals surface area contributed by atoms with Gasteiger partial charge in [-0.25, -0.2) is 0 Å². The van der Waals surface area contributed by atoms with E-state index in [9.17, 15) is 4.79 Å². The van der Waals surface area contributed by atoms with Crippen LogP contribution < -0.4 is 9.47 Å². The maximum Gasteiger partial charge on any atom is 0.231 e. The van der Waals surface area contributed by atoms with E-state index >= 15 is 0 Å². The summed E-state index contributed by atoms with van der Waals surface area (Å²) >= 11 is 0. The summed E-state index contributed by atoms with van der Waals surface area (Å²) in [6.07, 6.45) is 0.967. The Labute approximate surface area is 177 Å². The predicted octanol–water partition coefficient (Wildman–Crippen LogP) is 4.37. The Kier molecular flexibility index (Phi) is 5.66. The fraction of sp³-hybridized carbons (Fsp3) is 0.417. The van der Waals surface area contributed by atoms with Gasteiger partial charge in [0.25, 0.3) is 0 Å². The SMILES string of the molecule is CC(C)(C)CC(=O)N(Cc1ccccc1)C[C@H]1CC(c2ccc3c(c2)OCO3)=NO1. The van der Waals surface area contributed by atoms with Crippen molar-refractivity contribution in [3.8, 4) is 11.5 Å². The Hall–Kier alpha value is -3.02. The number of nitrogens with zero attached hydrogens (tertiary/aromatic N) is 2. The lowest BCUT2D eigenvalue weighted by Gasteiger charge is -2.28. The number of hydrogen-bond donors (Lipinski definition) is 0. The number of fused-ring (bicyclic) bond motifs is 1. The van der Waals surface area contributed by atoms with Gasteiger partial charge in [-0.3, -0.25) is 4.79 Å². The lowest BCUT2D eigenvalue weighted by atomic mass is 9.91. The molecule has 0 fully saturated rings. The van der Waals surface area contributed by atoms with Crippen LogP contribution in [-0.4, -0.2) is 36.0 Å². The van der Waals surface area contributed by atoms with Crippen molar-refractivity contribution in [1.82, 2.24) is 4.90 Å². The van der Waals surface area contributed by atoms with Crippen LogP contribution in [0.2, 0.25) is 0 Å². The van der Waals surface area contributed by atoms with Gasteiger partial charge in [-0.15, -0.1) is 0 Å². The van der Waals surface area contributed by atoms with Gasteiger partial charge in [0.2, 0.25) is 12.7 Å². The minimum atomic E-state index is -0.168. The third-order valence-corrected chi connectivity index (χ3v) is 5.11. The first kappa shape index (κ1) is 20.3. The molecule has 6 heteroatoms. The Morgan fingerprint density at radius 1 is 1.10 bits per heavy atom. The fourth-order valence-corrected chi connectivity index (χ4v) is 3.64. The zero-order valence-corrected chi connectivity index (χ0v) is 17.8. The zero-order chi connectivity index (χ0) is 21.1. The van der Waals surface area contributed by atoms with Crippen LogP contribution in [0.3, 0.4) is 0 Å². The first-order valence-electron chi connectivity index (χ1n) is 10.3. The highest BCUT2D eigenvalue weighted by atomic mass is 16.7. The van der Waals surface area contributed by atoms with E-state index < -0.39 is 0 Å². The summed E-state index contributed by atoms with van der Waals surface area (Å²) in [6, 6.07) is 15.8. The van der Waals surface area contributed by atoms with E-state index in [2.05, 4.69) is 25.9 Å². The normalized spacial score (nSPS) is 17.4. The average Bonchev–Trinajstić information content (AvgIpc) is 3.35. The molecule has 2 aromatic rings. The lowest BCUT2D eigenvalue weighted by Crippen LogP contribution is -2.38. The van der Waals surface area contributed by atoms with E-state index in [0.717, 1.165) is 28.3 Å². The highest BCUT2D eigenvalue weighted by molar-refractivity contribution is 6.01. The van der Waals surface area contributed by atoms with Gasteiger partial charge in [-0.05, 0) is 29.2 Å². The largest absolute Gasteiger partial charge is 0.454 e. The summed E-state index contributed by atoms with van der Waals surface area (Å²) in [5, 5.41) is 4.29. The third kappa shape index (κ3) is 4.93. The van der Waals surface area contributed by atoms with Gasteiger partial charge in [0, 0.05) is 24.9 Å². The Morgan fingerprint density at radius 2 is 1.87 bits per heavy atom. The molecule has 2 heterocycles. The number of carbonyl (C=O) groups excluding carboxylic acids is 1. The number of carbonyl (C=O) groups is 1. The highest BCUT2D eigenvalue weighted by Crippen LogP contribution is 2.34. The van der Waals surface area contributed by atoms with Crippen LogP contribution in [0.15, 0.2) is 53.7 Å². The molecule has 2 aliphatic rings. The van der Waals surface area contributed by atoms with Gasteiger partial charge in [0.1, 0.15) is 0 Å². The maximum atomic E-state index is 13.0. The topological polar surface area (TPSA) is 60.4 Å². The number of amides is 1. The van der Waals surface area contributed by atoms with E-state index in [-0.39, 0.29) is 24.2 Å². The molecule has 0 spiro atoms. The number of benzene rings is 2. The summed E-state index contributed by atoms with van der Waals surface area (Å²) in [5.41, 5.74) is 2.85. The average molecular weight is 408 g/mol. The predicted molar refractivity (Wildman–Crippen MR) is 115 cm³/mol. The molecule has 0 bridgehead atoms. The Balaban J connectivity index is 1.43. The molecule has 6 nitrogen and oxygen atoms in total. The van der Waals surface area contributed by atoms with Gasteiger partial charge in [-0.2, -0.15) is 0 Å². The summed E-state index contributed by atoms with van der Waals surface area (Å²) in [7, 11) is 0. The molecule has 0 aliphatic carbocycles. The fourth-order valence-electron chi connectivity index (χ4n) is 3.64. The van der Waals surface area contributed by atoms with Crippen LogP contribution in [0, 0.1) is 5.41 Å². The molecule has 4 rings (SSSR count). The van der Waals surface area contributed by atoms with Crippen molar-refractivity contribution in [2.24, 2.45) is 10.6 Å². The highest BCUT2D eigenvalue weighted by Gasteiger charge is 2.29. The first-order valence-corrected chi connectivity index (χ1v) is 10.3. The molecule has 158 valence electrons. The molecule has 2 aliphatic heterocycles. The summed E-state index contributed by atoms with van der Waals surface area (Å²) in [6.45, 7) is 7.56. The second-order valence-electron chi connectivity index (χ2n) is 9.03. The van der Waals surface area contributed by atoms with Crippen LogP contribution in [-0.2, 0) is 16.2 Å². The summed E-state index contributed by atoms with van der Waals surface area (Å²) in [4.78, 5) is 20.6. The minimum absolute atomic E-state index is 0.0727. The van der Waals surface area contributed by atoms with E-state index in [0.29, 0.717) is 25.9 Å². The van der Waals surface area contributed by atoms with Gasteiger partial charge < -0.3 is 19.2 Å². The second-order valence-corrected chi connectivity index (χ2v) is 9.03. The molecular formula is C24H28N2O4. The molecule has 1 amide bonds. The number of oxime groups is 1. The third-order valence-electron chi connectivity index (χ3n) is 5.11. The van der Waals surface area contributed by atoms with Crippen molar-refractivity contribution in [2.75, 3.05) is 13.3 Å². The standard InChI is InChI=1S/C24H28N2O4/c1-24(2,3)13-23(27)26(14-17-7-5-4-6-8-17)15-19-12-20(25-30-19)18-9-10-21-22(11-18)29-16-28-21/h4-11,19H,12-16H2,1-3H3/t19-/m1/s1. The van der Waals surface area contributed by atoms with E-state index in [1.807, 2.05) is 53.4 Å². The van der Waals surface area contributed by atoms with Crippen molar-refractivity contribution in [1.29, 1.82) is 0 Å². The van der Waals surface area contributed by atoms with Crippen LogP contribution in [0.4, 0.5) is 0 Å². The number of ether oxygens (including phenoxy) is 2. The van der Waals surface area contributed by atoms with E-state index in [4.69, 9.17) is 14.3 Å². The number of hydrogen-bond acceptors (Lipinski definition) is 5. The molecular weight excluding hydrogens is 380 g/mol. The van der Waals surface area contributed by atoms with Crippen molar-refractivity contribution in [3.05, 3.63) is 59.7 Å². The molecule has 0 saturated carbocycles. The Bertz CT molecular complexity index is 934. The Morgan fingerprint density at radius 3 is 2.63 bits per heavy atom. The van der Waals surface area contributed by atoms with Gasteiger partial charge in [0.15, 0.2) is 17.6 Å². The minimum Gasteiger partial charge on any atom is -0.454 e. The molecule has 1 atom stereocenters. The quantitative estimate of drug-likeness (QED) is 0.712. The summed E-state index contributed by atoms with van der Waals surface area (Å²) in [5.74, 6) is 1.60. The van der Waals surface area contributed by atoms with Crippen molar-refractivity contribution < 1.29 is 19.1 Å². The van der Waals surface area contributed by atoms with Crippen molar-refractivity contribution in [3.63, 3.8) is 0 Å². The van der Waals surface area contributed by atoms with E-state index in [1.165, 1.54) is 0 Å². The first-order chi connectivity index (χ1) is 14.4. The van der Waals surface area contributed by atoms with Crippen LogP contribution in [0.1, 0.15) is 44.7 Å². The maximum absolute atomic E-state index is 13.0. The molecule has 0 saturated heterocycles. The molecule has 2 aromatic carbocycles. The molecule has 0 unspecified atom stereocenters. The molecule has 0 N–H and O–H groups in total. The molecule has 0 radical (unpaired) electrons. The summed E-state index contributed by atoms with van der Waals surface area (Å²) < 4.78 is 10.8. The zero-order valence-electron chi connectivity index (χ0n) is 17.8. The van der Waals surface area contributed by atoms with Crippen LogP contribution in [0.5, 0.6) is 11.5 Å². The van der Waals surface area contributed by atoms with Crippen LogP contribution in [0.25, 0.3) is 0 Å².